The first-order valence-electron chi connectivity index (χ1n) is 10.6. The van der Waals surface area contributed by atoms with Crippen LogP contribution in [0.25, 0.3) is 11.1 Å². The van der Waals surface area contributed by atoms with Crippen LogP contribution in [0.1, 0.15) is 70.7 Å². The monoisotopic (exact) mass is 408 g/mol. The fourth-order valence-corrected chi connectivity index (χ4v) is 3.45. The third-order valence-electron chi connectivity index (χ3n) is 5.39. The zero-order chi connectivity index (χ0) is 23.0. The molecule has 0 atom stereocenters. The summed E-state index contributed by atoms with van der Waals surface area (Å²) in [6, 6.07) is 7.98. The van der Waals surface area contributed by atoms with Crippen molar-refractivity contribution in [2.24, 2.45) is 5.41 Å². The lowest BCUT2D eigenvalue weighted by Gasteiger charge is -2.25. The SMILES string of the molecule is C=C(C(=O)Oc1c(CC)cc(C)cc1-c1cc(C)cc(C(C)(C)C)c1O)C(C)(C)C. The summed E-state index contributed by atoms with van der Waals surface area (Å²) in [4.78, 5) is 12.9. The van der Waals surface area contributed by atoms with E-state index >= 15 is 0 Å². The summed E-state index contributed by atoms with van der Waals surface area (Å²) < 4.78 is 5.94. The number of hydrogen-bond acceptors (Lipinski definition) is 3. The molecule has 3 heteroatoms. The number of phenols is 1. The van der Waals surface area contributed by atoms with Crippen molar-refractivity contribution < 1.29 is 14.6 Å². The molecular formula is C27H36O3. The third-order valence-corrected chi connectivity index (χ3v) is 5.39. The number of carbonyl (C=O) groups excluding carboxylic acids is 1. The summed E-state index contributed by atoms with van der Waals surface area (Å²) in [5.74, 6) is 0.289. The van der Waals surface area contributed by atoms with E-state index in [-0.39, 0.29) is 16.6 Å². The van der Waals surface area contributed by atoms with Gasteiger partial charge in [-0.25, -0.2) is 4.79 Å². The fourth-order valence-electron chi connectivity index (χ4n) is 3.45. The molecule has 3 nitrogen and oxygen atoms in total. The number of rotatable bonds is 4. The van der Waals surface area contributed by atoms with E-state index in [9.17, 15) is 9.90 Å². The summed E-state index contributed by atoms with van der Waals surface area (Å²) >= 11 is 0. The van der Waals surface area contributed by atoms with E-state index in [0.717, 1.165) is 27.8 Å². The van der Waals surface area contributed by atoms with Gasteiger partial charge in [0.2, 0.25) is 0 Å². The molecule has 0 heterocycles. The van der Waals surface area contributed by atoms with Gasteiger partial charge >= 0.3 is 5.97 Å². The van der Waals surface area contributed by atoms with E-state index in [4.69, 9.17) is 4.74 Å². The highest BCUT2D eigenvalue weighted by Crippen LogP contribution is 2.44. The molecule has 2 aromatic rings. The molecule has 0 spiro atoms. The van der Waals surface area contributed by atoms with Crippen LogP contribution in [0.5, 0.6) is 11.5 Å². The first-order valence-corrected chi connectivity index (χ1v) is 10.6. The standard InChI is InChI=1S/C27H36O3/c1-11-19-12-16(2)14-21(24(19)30-25(29)18(4)26(5,6)7)20-13-17(3)15-22(23(20)28)27(8,9)10/h12-15,28H,4,11H2,1-3,5-10H3. The molecule has 2 aromatic carbocycles. The number of carbonyl (C=O) groups is 1. The average molecular weight is 409 g/mol. The average Bonchev–Trinajstić information content (AvgIpc) is 2.61. The third kappa shape index (κ3) is 4.95. The predicted octanol–water partition coefficient (Wildman–Crippen LogP) is 7.04. The van der Waals surface area contributed by atoms with Crippen molar-refractivity contribution in [3.8, 4) is 22.6 Å². The van der Waals surface area contributed by atoms with Crippen LogP contribution in [0, 0.1) is 19.3 Å². The van der Waals surface area contributed by atoms with Crippen molar-refractivity contribution >= 4 is 5.97 Å². The molecule has 0 radical (unpaired) electrons. The molecular weight excluding hydrogens is 372 g/mol. The van der Waals surface area contributed by atoms with Gasteiger partial charge in [0.25, 0.3) is 0 Å². The lowest BCUT2D eigenvalue weighted by Crippen LogP contribution is -2.22. The maximum Gasteiger partial charge on any atom is 0.339 e. The molecule has 0 amide bonds. The van der Waals surface area contributed by atoms with Gasteiger partial charge < -0.3 is 9.84 Å². The summed E-state index contributed by atoms with van der Waals surface area (Å²) in [5.41, 5.74) is 5.11. The van der Waals surface area contributed by atoms with Crippen LogP contribution in [0.4, 0.5) is 0 Å². The minimum absolute atomic E-state index is 0.223. The molecule has 0 bridgehead atoms. The Morgan fingerprint density at radius 3 is 2.00 bits per heavy atom. The van der Waals surface area contributed by atoms with Gasteiger partial charge in [-0.05, 0) is 59.9 Å². The normalized spacial score (nSPS) is 12.0. The number of phenolic OH excluding ortho intramolecular Hbond substituents is 1. The number of ether oxygens (including phenoxy) is 1. The number of aromatic hydroxyl groups is 1. The van der Waals surface area contributed by atoms with Gasteiger partial charge in [0, 0.05) is 22.3 Å². The molecule has 0 aromatic heterocycles. The van der Waals surface area contributed by atoms with E-state index < -0.39 is 5.97 Å². The Kier molecular flexibility index (Phi) is 6.56. The van der Waals surface area contributed by atoms with Crippen LogP contribution in [0.2, 0.25) is 0 Å². The number of aryl methyl sites for hydroxylation is 3. The van der Waals surface area contributed by atoms with Crippen molar-refractivity contribution in [1.29, 1.82) is 0 Å². The van der Waals surface area contributed by atoms with Crippen LogP contribution in [-0.4, -0.2) is 11.1 Å². The molecule has 162 valence electrons. The molecule has 0 saturated carbocycles. The van der Waals surface area contributed by atoms with E-state index in [1.807, 2.05) is 65.8 Å². The van der Waals surface area contributed by atoms with Crippen LogP contribution in [0.3, 0.4) is 0 Å². The topological polar surface area (TPSA) is 46.5 Å². The molecule has 1 N–H and O–H groups in total. The van der Waals surface area contributed by atoms with Crippen molar-refractivity contribution in [3.63, 3.8) is 0 Å². The first-order chi connectivity index (χ1) is 13.7. The minimum atomic E-state index is -0.439. The zero-order valence-electron chi connectivity index (χ0n) is 20.0. The Morgan fingerprint density at radius 2 is 1.50 bits per heavy atom. The summed E-state index contributed by atoms with van der Waals surface area (Å²) in [6.07, 6.45) is 0.706. The highest BCUT2D eigenvalue weighted by atomic mass is 16.5. The summed E-state index contributed by atoms with van der Waals surface area (Å²) in [7, 11) is 0. The van der Waals surface area contributed by atoms with E-state index in [2.05, 4.69) is 27.4 Å². The molecule has 2 rings (SSSR count). The van der Waals surface area contributed by atoms with Gasteiger partial charge in [-0.15, -0.1) is 0 Å². The predicted molar refractivity (Wildman–Crippen MR) is 125 cm³/mol. The maximum absolute atomic E-state index is 12.9. The van der Waals surface area contributed by atoms with Crippen LogP contribution in [0.15, 0.2) is 36.4 Å². The Morgan fingerprint density at radius 1 is 0.967 bits per heavy atom. The Bertz CT molecular complexity index is 983. The Hall–Kier alpha value is -2.55. The molecule has 0 saturated heterocycles. The highest BCUT2D eigenvalue weighted by molar-refractivity contribution is 5.93. The number of benzene rings is 2. The molecule has 0 aliphatic carbocycles. The van der Waals surface area contributed by atoms with Gasteiger partial charge in [-0.1, -0.05) is 67.2 Å². The minimum Gasteiger partial charge on any atom is -0.507 e. The Labute approximate surface area is 181 Å². The molecule has 30 heavy (non-hydrogen) atoms. The molecule has 0 fully saturated rings. The first kappa shape index (κ1) is 23.7. The molecule has 0 aliphatic heterocycles. The van der Waals surface area contributed by atoms with Gasteiger partial charge in [0.05, 0.1) is 0 Å². The quantitative estimate of drug-likeness (QED) is 0.335. The van der Waals surface area contributed by atoms with Gasteiger partial charge in [0.1, 0.15) is 11.5 Å². The van der Waals surface area contributed by atoms with Crippen LogP contribution in [-0.2, 0) is 16.6 Å². The second kappa shape index (κ2) is 8.29. The van der Waals surface area contributed by atoms with E-state index in [1.54, 1.807) is 0 Å². The summed E-state index contributed by atoms with van der Waals surface area (Å²) in [5, 5.41) is 11.2. The molecule has 0 unspecified atom stereocenters. The largest absolute Gasteiger partial charge is 0.507 e. The second-order valence-corrected chi connectivity index (χ2v) is 10.2. The van der Waals surface area contributed by atoms with Crippen molar-refractivity contribution in [2.45, 2.75) is 74.1 Å². The lowest BCUT2D eigenvalue weighted by atomic mass is 9.82. The number of hydrogen-bond donors (Lipinski definition) is 1. The van der Waals surface area contributed by atoms with Crippen LogP contribution >= 0.6 is 0 Å². The highest BCUT2D eigenvalue weighted by Gasteiger charge is 2.27. The van der Waals surface area contributed by atoms with Crippen LogP contribution < -0.4 is 4.74 Å². The van der Waals surface area contributed by atoms with E-state index in [1.165, 1.54) is 0 Å². The zero-order valence-corrected chi connectivity index (χ0v) is 20.0. The number of esters is 1. The van der Waals surface area contributed by atoms with E-state index in [0.29, 0.717) is 23.3 Å². The Balaban J connectivity index is 2.76. The summed E-state index contributed by atoms with van der Waals surface area (Å²) in [6.45, 7) is 22.1. The van der Waals surface area contributed by atoms with Crippen molar-refractivity contribution in [1.82, 2.24) is 0 Å². The van der Waals surface area contributed by atoms with Crippen molar-refractivity contribution in [2.75, 3.05) is 0 Å². The second-order valence-electron chi connectivity index (χ2n) is 10.2. The van der Waals surface area contributed by atoms with Gasteiger partial charge in [-0.2, -0.15) is 0 Å². The maximum atomic E-state index is 12.9. The lowest BCUT2D eigenvalue weighted by molar-refractivity contribution is -0.131. The smallest absolute Gasteiger partial charge is 0.339 e. The van der Waals surface area contributed by atoms with Gasteiger partial charge in [0.15, 0.2) is 0 Å². The van der Waals surface area contributed by atoms with Gasteiger partial charge in [-0.3, -0.25) is 0 Å². The fraction of sp³-hybridized carbons (Fsp3) is 0.444. The van der Waals surface area contributed by atoms with Crippen molar-refractivity contribution in [3.05, 3.63) is 58.7 Å². The molecule has 0 aliphatic rings.